The molecule has 0 bridgehead atoms. The van der Waals surface area contributed by atoms with Crippen molar-refractivity contribution in [2.24, 2.45) is 5.73 Å². The molecule has 0 saturated carbocycles. The van der Waals surface area contributed by atoms with Gasteiger partial charge in [0.25, 0.3) is 0 Å². The first-order chi connectivity index (χ1) is 18.9. The Morgan fingerprint density at radius 1 is 1.00 bits per heavy atom. The second-order valence-electron chi connectivity index (χ2n) is 11.7. The highest BCUT2D eigenvalue weighted by Crippen LogP contribution is 2.36. The van der Waals surface area contributed by atoms with E-state index in [-0.39, 0.29) is 11.9 Å². The van der Waals surface area contributed by atoms with E-state index in [0.29, 0.717) is 6.42 Å². The number of piperidine rings is 1. The van der Waals surface area contributed by atoms with E-state index in [1.165, 1.54) is 69.5 Å². The average Bonchev–Trinajstić information content (AvgIpc) is 2.92. The number of rotatable bonds is 8. The predicted molar refractivity (Wildman–Crippen MR) is 161 cm³/mol. The highest BCUT2D eigenvalue weighted by atomic mass is 16.2. The van der Waals surface area contributed by atoms with Crippen molar-refractivity contribution in [3.63, 3.8) is 0 Å². The molecule has 2 aliphatic heterocycles. The van der Waals surface area contributed by atoms with E-state index in [2.05, 4.69) is 90.9 Å². The van der Waals surface area contributed by atoms with Crippen molar-refractivity contribution < 1.29 is 4.79 Å². The summed E-state index contributed by atoms with van der Waals surface area (Å²) < 4.78 is 0. The Kier molecular flexibility index (Phi) is 8.69. The van der Waals surface area contributed by atoms with Gasteiger partial charge in [-0.2, -0.15) is 0 Å². The highest BCUT2D eigenvalue weighted by Gasteiger charge is 2.27. The molecule has 2 atom stereocenters. The van der Waals surface area contributed by atoms with Crippen molar-refractivity contribution in [3.8, 4) is 0 Å². The van der Waals surface area contributed by atoms with Crippen LogP contribution in [0.3, 0.4) is 0 Å². The molecule has 1 fully saturated rings. The molecule has 0 radical (unpaired) electrons. The van der Waals surface area contributed by atoms with E-state index < -0.39 is 6.04 Å². The van der Waals surface area contributed by atoms with Crippen LogP contribution >= 0.6 is 0 Å². The molecular formula is C34H44N4O. The normalized spacial score (nSPS) is 18.2. The Hall–Kier alpha value is -3.15. The Labute approximate surface area is 234 Å². The largest absolute Gasteiger partial charge is 0.384 e. The van der Waals surface area contributed by atoms with E-state index in [9.17, 15) is 4.79 Å². The summed E-state index contributed by atoms with van der Waals surface area (Å²) in [4.78, 5) is 16.0. The number of likely N-dealkylation sites (tertiary alicyclic amines) is 1. The van der Waals surface area contributed by atoms with Crippen LogP contribution in [0.5, 0.6) is 0 Å². The number of nitrogens with zero attached hydrogens (tertiary/aromatic N) is 1. The molecule has 0 aliphatic carbocycles. The van der Waals surface area contributed by atoms with Gasteiger partial charge in [-0.15, -0.1) is 0 Å². The Morgan fingerprint density at radius 3 is 2.44 bits per heavy atom. The molecule has 2 aliphatic rings. The van der Waals surface area contributed by atoms with E-state index in [1.54, 1.807) is 0 Å². The van der Waals surface area contributed by atoms with Gasteiger partial charge >= 0.3 is 0 Å². The summed E-state index contributed by atoms with van der Waals surface area (Å²) in [6.45, 7) is 10.4. The average molecular weight is 525 g/mol. The molecule has 5 heteroatoms. The van der Waals surface area contributed by atoms with Gasteiger partial charge in [0.2, 0.25) is 5.91 Å². The van der Waals surface area contributed by atoms with Gasteiger partial charge in [-0.1, -0.05) is 66.6 Å². The molecule has 4 N–H and O–H groups in total. The molecule has 206 valence electrons. The second kappa shape index (κ2) is 12.4. The minimum atomic E-state index is -0.580. The van der Waals surface area contributed by atoms with E-state index in [0.717, 1.165) is 39.0 Å². The van der Waals surface area contributed by atoms with Gasteiger partial charge in [-0.3, -0.25) is 9.69 Å². The fraction of sp³-hybridized carbons (Fsp3) is 0.441. The number of hydrogen-bond acceptors (Lipinski definition) is 4. The topological polar surface area (TPSA) is 70.4 Å². The quantitative estimate of drug-likeness (QED) is 0.352. The van der Waals surface area contributed by atoms with Crippen molar-refractivity contribution in [1.29, 1.82) is 0 Å². The molecule has 5 nitrogen and oxygen atoms in total. The lowest BCUT2D eigenvalue weighted by Crippen LogP contribution is -2.45. The number of nitrogens with two attached hydrogens (primary N) is 1. The lowest BCUT2D eigenvalue weighted by molar-refractivity contribution is -0.123. The highest BCUT2D eigenvalue weighted by molar-refractivity contribution is 5.83. The Morgan fingerprint density at radius 2 is 1.72 bits per heavy atom. The molecule has 2 heterocycles. The lowest BCUT2D eigenvalue weighted by Gasteiger charge is -2.33. The third-order valence-electron chi connectivity index (χ3n) is 8.43. The molecule has 1 saturated heterocycles. The smallest absolute Gasteiger partial charge is 0.237 e. The van der Waals surface area contributed by atoms with Crippen molar-refractivity contribution in [1.82, 2.24) is 10.2 Å². The molecule has 3 aromatic rings. The van der Waals surface area contributed by atoms with Gasteiger partial charge in [-0.05, 0) is 105 Å². The third kappa shape index (κ3) is 6.71. The van der Waals surface area contributed by atoms with Crippen LogP contribution in [0.1, 0.15) is 76.2 Å². The summed E-state index contributed by atoms with van der Waals surface area (Å²) in [5.41, 5.74) is 17.7. The van der Waals surface area contributed by atoms with Gasteiger partial charge in [-0.25, -0.2) is 0 Å². The van der Waals surface area contributed by atoms with E-state index >= 15 is 0 Å². The maximum Gasteiger partial charge on any atom is 0.237 e. The number of hydrogen-bond donors (Lipinski definition) is 3. The van der Waals surface area contributed by atoms with Crippen LogP contribution in [0.25, 0.3) is 0 Å². The van der Waals surface area contributed by atoms with Crippen LogP contribution in [0.2, 0.25) is 0 Å². The number of amides is 1. The number of aryl methyl sites for hydroxylation is 3. The zero-order valence-electron chi connectivity index (χ0n) is 23.9. The van der Waals surface area contributed by atoms with Crippen LogP contribution in [0.15, 0.2) is 54.6 Å². The second-order valence-corrected chi connectivity index (χ2v) is 11.7. The standard InChI is InChI=1S/C34H44N4O/c1-23-16-24(2)29(25(3)17-23)21-31(35)34(39)37-32-12-13-36-33-28(22-38-14-8-5-9-15-38)19-27(20-30(32)33)18-26-10-6-4-7-11-26/h4,6-7,10-11,16-17,19-20,31-32,36H,5,8-9,12-15,18,21-22,35H2,1-3H3,(H,37,39). The maximum absolute atomic E-state index is 13.4. The fourth-order valence-electron chi connectivity index (χ4n) is 6.47. The Bertz CT molecular complexity index is 1270. The Balaban J connectivity index is 1.39. The summed E-state index contributed by atoms with van der Waals surface area (Å²) in [6.07, 6.45) is 6.16. The van der Waals surface area contributed by atoms with Crippen LogP contribution in [0.4, 0.5) is 5.69 Å². The fourth-order valence-corrected chi connectivity index (χ4v) is 6.47. The van der Waals surface area contributed by atoms with Crippen LogP contribution < -0.4 is 16.4 Å². The summed E-state index contributed by atoms with van der Waals surface area (Å²) in [5.74, 6) is -0.0710. The van der Waals surface area contributed by atoms with Crippen molar-refractivity contribution >= 4 is 11.6 Å². The van der Waals surface area contributed by atoms with Crippen LogP contribution in [0, 0.1) is 20.8 Å². The zero-order valence-corrected chi connectivity index (χ0v) is 23.9. The molecule has 1 amide bonds. The van der Waals surface area contributed by atoms with E-state index in [4.69, 9.17) is 5.73 Å². The first kappa shape index (κ1) is 27.4. The minimum absolute atomic E-state index is 0.0455. The monoisotopic (exact) mass is 524 g/mol. The van der Waals surface area contributed by atoms with Gasteiger partial charge in [0.05, 0.1) is 12.1 Å². The minimum Gasteiger partial charge on any atom is -0.384 e. The molecule has 0 spiro atoms. The summed E-state index contributed by atoms with van der Waals surface area (Å²) >= 11 is 0. The SMILES string of the molecule is Cc1cc(C)c(CC(N)C(=O)NC2CCNc3c(CN4CCCCC4)cc(Cc4ccccc4)cc32)c(C)c1. The maximum atomic E-state index is 13.4. The van der Waals surface area contributed by atoms with Crippen molar-refractivity contribution in [3.05, 3.63) is 99.1 Å². The molecule has 3 aromatic carbocycles. The molecule has 0 aromatic heterocycles. The van der Waals surface area contributed by atoms with Crippen molar-refractivity contribution in [2.45, 2.75) is 77.9 Å². The number of carbonyl (C=O) groups excluding carboxylic acids is 1. The van der Waals surface area contributed by atoms with Gasteiger partial charge in [0.1, 0.15) is 0 Å². The molecule has 5 rings (SSSR count). The van der Waals surface area contributed by atoms with Gasteiger partial charge < -0.3 is 16.4 Å². The zero-order chi connectivity index (χ0) is 27.4. The molecule has 39 heavy (non-hydrogen) atoms. The lowest BCUT2D eigenvalue weighted by atomic mass is 9.89. The summed E-state index contributed by atoms with van der Waals surface area (Å²) in [5, 5.41) is 7.04. The van der Waals surface area contributed by atoms with E-state index in [1.807, 2.05) is 0 Å². The van der Waals surface area contributed by atoms with Gasteiger partial charge in [0.15, 0.2) is 0 Å². The third-order valence-corrected chi connectivity index (χ3v) is 8.43. The molecule has 2 unspecified atom stereocenters. The summed E-state index contributed by atoms with van der Waals surface area (Å²) in [7, 11) is 0. The molecular weight excluding hydrogens is 480 g/mol. The first-order valence-corrected chi connectivity index (χ1v) is 14.7. The number of nitrogens with one attached hydrogen (secondary N) is 2. The van der Waals surface area contributed by atoms with Crippen molar-refractivity contribution in [2.75, 3.05) is 25.0 Å². The van der Waals surface area contributed by atoms with Gasteiger partial charge in [0, 0.05) is 18.8 Å². The number of anilines is 1. The van der Waals surface area contributed by atoms with Crippen LogP contribution in [-0.4, -0.2) is 36.5 Å². The van der Waals surface area contributed by atoms with Crippen LogP contribution in [-0.2, 0) is 24.2 Å². The number of fused-ring (bicyclic) bond motifs is 1. The summed E-state index contributed by atoms with van der Waals surface area (Å²) in [6, 6.07) is 19.1. The first-order valence-electron chi connectivity index (χ1n) is 14.7. The number of benzene rings is 3. The predicted octanol–water partition coefficient (Wildman–Crippen LogP) is 5.73. The number of carbonyl (C=O) groups is 1.